The minimum Gasteiger partial charge on any atom is -0.510 e. The van der Waals surface area contributed by atoms with Gasteiger partial charge in [0.2, 0.25) is 0 Å². The lowest BCUT2D eigenvalue weighted by Gasteiger charge is -2.12. The van der Waals surface area contributed by atoms with Crippen molar-refractivity contribution in [2.75, 3.05) is 13.2 Å². The highest BCUT2D eigenvalue weighted by atomic mass is 16.5. The van der Waals surface area contributed by atoms with Crippen LogP contribution in [0.1, 0.15) is 22.3 Å². The van der Waals surface area contributed by atoms with Gasteiger partial charge in [0, 0.05) is 0 Å². The van der Waals surface area contributed by atoms with Gasteiger partial charge in [-0.2, -0.15) is 0 Å². The van der Waals surface area contributed by atoms with E-state index in [4.69, 9.17) is 19.5 Å². The van der Waals surface area contributed by atoms with Crippen LogP contribution in [0, 0.1) is 6.07 Å². The summed E-state index contributed by atoms with van der Waals surface area (Å²) in [4.78, 5) is 9.55. The van der Waals surface area contributed by atoms with Crippen molar-refractivity contribution in [2.45, 2.75) is 24.9 Å². The average Bonchev–Trinajstić information content (AvgIpc) is 3.45. The molecular formula is C26H23N2O2-. The lowest BCUT2D eigenvalue weighted by molar-refractivity contribution is 0.316. The highest BCUT2D eigenvalue weighted by Crippen LogP contribution is 2.19. The van der Waals surface area contributed by atoms with Crippen molar-refractivity contribution >= 4 is 11.8 Å². The van der Waals surface area contributed by atoms with Crippen LogP contribution in [0.15, 0.2) is 88.8 Å². The molecular weight excluding hydrogens is 372 g/mol. The Hall–Kier alpha value is -3.40. The van der Waals surface area contributed by atoms with Crippen molar-refractivity contribution in [3.05, 3.63) is 107 Å². The first-order valence-electron chi connectivity index (χ1n) is 10.4. The van der Waals surface area contributed by atoms with Crippen LogP contribution in [0.2, 0.25) is 0 Å². The molecule has 0 aromatic heterocycles. The molecule has 4 nitrogen and oxygen atoms in total. The summed E-state index contributed by atoms with van der Waals surface area (Å²) in [6, 6.07) is 30.4. The number of ether oxygens (including phenoxy) is 2. The van der Waals surface area contributed by atoms with Crippen LogP contribution in [0.3, 0.4) is 0 Å². The van der Waals surface area contributed by atoms with E-state index in [9.17, 15) is 0 Å². The van der Waals surface area contributed by atoms with E-state index in [1.54, 1.807) is 0 Å². The second-order valence-corrected chi connectivity index (χ2v) is 7.66. The molecule has 0 fully saturated rings. The van der Waals surface area contributed by atoms with Gasteiger partial charge in [0.15, 0.2) is 0 Å². The zero-order chi connectivity index (χ0) is 20.2. The Balaban J connectivity index is 1.29. The zero-order valence-electron chi connectivity index (χ0n) is 16.7. The Morgan fingerprint density at radius 1 is 0.633 bits per heavy atom. The van der Waals surface area contributed by atoms with Gasteiger partial charge in [-0.15, -0.1) is 24.3 Å². The fourth-order valence-electron chi connectivity index (χ4n) is 3.83. The topological polar surface area (TPSA) is 43.2 Å². The fraction of sp³-hybridized carbons (Fsp3) is 0.231. The lowest BCUT2D eigenvalue weighted by atomic mass is 10.1. The van der Waals surface area contributed by atoms with Crippen LogP contribution in [0.4, 0.5) is 0 Å². The summed E-state index contributed by atoms with van der Waals surface area (Å²) in [6.45, 7) is 1.19. The summed E-state index contributed by atoms with van der Waals surface area (Å²) in [7, 11) is 0. The van der Waals surface area contributed by atoms with Crippen LogP contribution in [0.25, 0.3) is 0 Å². The molecule has 5 rings (SSSR count). The third kappa shape index (κ3) is 4.28. The molecule has 2 atom stereocenters. The summed E-state index contributed by atoms with van der Waals surface area (Å²) < 4.78 is 11.8. The normalized spacial score (nSPS) is 20.3. The number of hydrogen-bond donors (Lipinski definition) is 0. The summed E-state index contributed by atoms with van der Waals surface area (Å²) >= 11 is 0. The maximum atomic E-state index is 5.88. The molecule has 0 bridgehead atoms. The molecule has 0 N–H and O–H groups in total. The highest BCUT2D eigenvalue weighted by Gasteiger charge is 2.20. The van der Waals surface area contributed by atoms with Crippen molar-refractivity contribution in [3.8, 4) is 0 Å². The number of hydrogen-bond acceptors (Lipinski definition) is 4. The van der Waals surface area contributed by atoms with E-state index >= 15 is 0 Å². The lowest BCUT2D eigenvalue weighted by Crippen LogP contribution is -2.10. The predicted octanol–water partition coefficient (Wildman–Crippen LogP) is 4.26. The summed E-state index contributed by atoms with van der Waals surface area (Å²) in [5.41, 5.74) is 4.24. The van der Waals surface area contributed by atoms with Gasteiger partial charge in [-0.25, -0.2) is 0 Å². The summed E-state index contributed by atoms with van der Waals surface area (Å²) in [5, 5.41) is 0. The molecule has 0 radical (unpaired) electrons. The third-order valence-corrected chi connectivity index (χ3v) is 5.31. The van der Waals surface area contributed by atoms with Gasteiger partial charge in [0.25, 0.3) is 0 Å². The second-order valence-electron chi connectivity index (χ2n) is 7.66. The van der Waals surface area contributed by atoms with E-state index < -0.39 is 0 Å². The van der Waals surface area contributed by atoms with E-state index in [1.165, 1.54) is 11.1 Å². The maximum Gasteiger partial charge on any atom is 0.148 e. The molecule has 2 heterocycles. The molecule has 0 unspecified atom stereocenters. The fourth-order valence-corrected chi connectivity index (χ4v) is 3.83. The summed E-state index contributed by atoms with van der Waals surface area (Å²) in [6.07, 6.45) is 1.75. The predicted molar refractivity (Wildman–Crippen MR) is 118 cm³/mol. The smallest absolute Gasteiger partial charge is 0.148 e. The van der Waals surface area contributed by atoms with E-state index in [2.05, 4.69) is 54.6 Å². The van der Waals surface area contributed by atoms with Crippen molar-refractivity contribution in [1.82, 2.24) is 0 Å². The van der Waals surface area contributed by atoms with Crippen LogP contribution in [-0.4, -0.2) is 37.1 Å². The third-order valence-electron chi connectivity index (χ3n) is 5.31. The Kier molecular flexibility index (Phi) is 5.30. The highest BCUT2D eigenvalue weighted by molar-refractivity contribution is 6.00. The van der Waals surface area contributed by atoms with Gasteiger partial charge in [-0.3, -0.25) is 9.98 Å². The molecule has 3 aromatic carbocycles. The molecule has 3 aromatic rings. The maximum absolute atomic E-state index is 5.88. The number of nitrogens with zero attached hydrogens (tertiary/aromatic N) is 2. The Bertz CT molecular complexity index is 978. The standard InChI is InChI=1S/C26H23N2O2/c1-3-8-19(9-4-1)14-23-17-29-25(27-23)21-12-7-13-22(16-21)26-28-24(18-30-26)15-20-10-5-2-6-11-20/h1-13,23-24H,14-15,17-18H2/q-1/t23-,24-/m0/s1. The molecule has 0 saturated carbocycles. The molecule has 4 heteroatoms. The van der Waals surface area contributed by atoms with E-state index in [-0.39, 0.29) is 12.1 Å². The van der Waals surface area contributed by atoms with Crippen LogP contribution in [-0.2, 0) is 22.3 Å². The number of rotatable bonds is 6. The van der Waals surface area contributed by atoms with Gasteiger partial charge in [0.1, 0.15) is 25.0 Å². The average molecular weight is 395 g/mol. The van der Waals surface area contributed by atoms with Crippen molar-refractivity contribution in [1.29, 1.82) is 0 Å². The molecule has 150 valence electrons. The molecule has 0 amide bonds. The Morgan fingerprint density at radius 2 is 1.10 bits per heavy atom. The van der Waals surface area contributed by atoms with Gasteiger partial charge in [0.05, 0.1) is 12.1 Å². The number of benzene rings is 3. The SMILES string of the molecule is [c-]1c(C2=N[C@@H](Cc3ccccc3)CO2)cccc1C1=N[C@@H](Cc2ccccc2)CO1. The van der Waals surface area contributed by atoms with Gasteiger partial charge < -0.3 is 9.47 Å². The summed E-state index contributed by atoms with van der Waals surface area (Å²) in [5.74, 6) is 1.30. The minimum absolute atomic E-state index is 0.134. The molecule has 2 aliphatic rings. The molecule has 0 spiro atoms. The van der Waals surface area contributed by atoms with E-state index in [0.717, 1.165) is 24.0 Å². The van der Waals surface area contributed by atoms with Gasteiger partial charge in [-0.05, 0) is 24.0 Å². The van der Waals surface area contributed by atoms with Crippen LogP contribution < -0.4 is 0 Å². The molecule has 0 saturated heterocycles. The first-order valence-corrected chi connectivity index (χ1v) is 10.4. The van der Waals surface area contributed by atoms with E-state index in [1.807, 2.05) is 30.3 Å². The van der Waals surface area contributed by atoms with Crippen molar-refractivity contribution in [2.24, 2.45) is 9.98 Å². The Morgan fingerprint density at radius 3 is 1.57 bits per heavy atom. The number of aliphatic imine (C=N–C) groups is 2. The second kappa shape index (κ2) is 8.54. The first kappa shape index (κ1) is 18.6. The van der Waals surface area contributed by atoms with E-state index in [0.29, 0.717) is 25.0 Å². The van der Waals surface area contributed by atoms with Gasteiger partial charge in [-0.1, -0.05) is 71.8 Å². The van der Waals surface area contributed by atoms with Crippen molar-refractivity contribution in [3.63, 3.8) is 0 Å². The minimum atomic E-state index is 0.134. The molecule has 2 aliphatic heterocycles. The monoisotopic (exact) mass is 395 g/mol. The Labute approximate surface area is 176 Å². The van der Waals surface area contributed by atoms with Crippen molar-refractivity contribution < 1.29 is 9.47 Å². The largest absolute Gasteiger partial charge is 0.510 e. The quantitative estimate of drug-likeness (QED) is 0.585. The first-order chi connectivity index (χ1) is 14.8. The molecule has 0 aliphatic carbocycles. The molecule has 30 heavy (non-hydrogen) atoms. The van der Waals surface area contributed by atoms with Crippen LogP contribution >= 0.6 is 0 Å². The van der Waals surface area contributed by atoms with Crippen LogP contribution in [0.5, 0.6) is 0 Å². The van der Waals surface area contributed by atoms with Gasteiger partial charge >= 0.3 is 0 Å². The zero-order valence-corrected chi connectivity index (χ0v) is 16.7.